The highest BCUT2D eigenvalue weighted by Crippen LogP contribution is 2.42. The van der Waals surface area contributed by atoms with E-state index in [1.807, 2.05) is 0 Å². The second kappa shape index (κ2) is 6.89. The highest BCUT2D eigenvalue weighted by atomic mass is 35.5. The fourth-order valence-electron chi connectivity index (χ4n) is 2.77. The van der Waals surface area contributed by atoms with Gasteiger partial charge >= 0.3 is 5.97 Å². The first-order valence-corrected chi connectivity index (χ1v) is 7.42. The van der Waals surface area contributed by atoms with E-state index in [2.05, 4.69) is 5.32 Å². The molecule has 0 saturated carbocycles. The lowest BCUT2D eigenvalue weighted by atomic mass is 9.84. The maximum absolute atomic E-state index is 12.2. The van der Waals surface area contributed by atoms with Crippen molar-refractivity contribution in [1.29, 1.82) is 0 Å². The molecule has 0 bridgehead atoms. The van der Waals surface area contributed by atoms with Crippen molar-refractivity contribution in [2.45, 2.75) is 19.8 Å². The van der Waals surface area contributed by atoms with Crippen molar-refractivity contribution < 1.29 is 19.4 Å². The number of methoxy groups -OCH3 is 1. The van der Waals surface area contributed by atoms with Crippen molar-refractivity contribution in [2.24, 2.45) is 0 Å². The first kappa shape index (κ1) is 18.4. The Hall–Kier alpha value is -2.94. The van der Waals surface area contributed by atoms with Crippen LogP contribution in [0, 0.1) is 20.2 Å². The lowest BCUT2D eigenvalue weighted by Crippen LogP contribution is -2.31. The van der Waals surface area contributed by atoms with Gasteiger partial charge in [-0.3, -0.25) is 20.2 Å². The van der Waals surface area contributed by atoms with E-state index in [0.29, 0.717) is 5.70 Å². The summed E-state index contributed by atoms with van der Waals surface area (Å²) in [7, 11) is 1.14. The third kappa shape index (κ3) is 3.31. The Balaban J connectivity index is 2.80. The lowest BCUT2D eigenvalue weighted by Gasteiger charge is -2.26. The van der Waals surface area contributed by atoms with Gasteiger partial charge in [-0.25, -0.2) is 4.79 Å². The Labute approximate surface area is 147 Å². The molecule has 0 amide bonds. The summed E-state index contributed by atoms with van der Waals surface area (Å²) in [6.07, 6.45) is 0. The van der Waals surface area contributed by atoms with Gasteiger partial charge in [0.1, 0.15) is 5.92 Å². The number of halogens is 1. The van der Waals surface area contributed by atoms with Crippen molar-refractivity contribution in [3.05, 3.63) is 71.7 Å². The molecule has 9 nitrogen and oxygen atoms in total. The molecule has 1 heterocycles. The second-order valence-electron chi connectivity index (χ2n) is 5.32. The van der Waals surface area contributed by atoms with Crippen LogP contribution in [-0.2, 0) is 9.53 Å². The molecular weight excluding hydrogens is 354 g/mol. The number of benzene rings is 1. The second-order valence-corrected chi connectivity index (χ2v) is 5.73. The van der Waals surface area contributed by atoms with Gasteiger partial charge in [-0.15, -0.1) is 0 Å². The third-order valence-corrected chi connectivity index (χ3v) is 4.17. The normalized spacial score (nSPS) is 17.2. The number of hydrogen-bond acceptors (Lipinski definition) is 7. The zero-order valence-corrected chi connectivity index (χ0v) is 14.3. The summed E-state index contributed by atoms with van der Waals surface area (Å²) in [6, 6.07) is 3.59. The topological polar surface area (TPSA) is 125 Å². The van der Waals surface area contributed by atoms with Crippen molar-refractivity contribution in [3.8, 4) is 0 Å². The molecule has 0 fully saturated rings. The largest absolute Gasteiger partial charge is 0.466 e. The maximum Gasteiger partial charge on any atom is 0.336 e. The summed E-state index contributed by atoms with van der Waals surface area (Å²) < 4.78 is 4.73. The van der Waals surface area contributed by atoms with Crippen LogP contribution in [0.15, 0.2) is 40.9 Å². The molecule has 1 aliphatic rings. The highest BCUT2D eigenvalue weighted by Gasteiger charge is 2.42. The van der Waals surface area contributed by atoms with Gasteiger partial charge in [0.2, 0.25) is 0 Å². The average Bonchev–Trinajstić information content (AvgIpc) is 2.53. The highest BCUT2D eigenvalue weighted by molar-refractivity contribution is 6.31. The minimum Gasteiger partial charge on any atom is -0.466 e. The first-order valence-electron chi connectivity index (χ1n) is 7.04. The standard InChI is InChI=1S/C15H14ClN3O6/c1-7-12(15(20)25-3)13(14(19(23)24)8(2)17-7)10-6-9(18(21)22)4-5-11(10)16/h4-6,13,17H,1-3H3. The molecule has 0 radical (unpaired) electrons. The van der Waals surface area contributed by atoms with Crippen molar-refractivity contribution in [2.75, 3.05) is 7.11 Å². The number of allylic oxidation sites excluding steroid dienone is 3. The van der Waals surface area contributed by atoms with E-state index in [9.17, 15) is 25.0 Å². The maximum atomic E-state index is 12.2. The molecule has 1 aliphatic heterocycles. The molecule has 132 valence electrons. The van der Waals surface area contributed by atoms with Crippen molar-refractivity contribution in [1.82, 2.24) is 5.32 Å². The van der Waals surface area contributed by atoms with Gasteiger partial charge in [-0.1, -0.05) is 11.6 Å². The smallest absolute Gasteiger partial charge is 0.336 e. The van der Waals surface area contributed by atoms with Gasteiger partial charge in [0.15, 0.2) is 0 Å². The molecule has 25 heavy (non-hydrogen) atoms. The molecular formula is C15H14ClN3O6. The number of esters is 1. The zero-order chi connectivity index (χ0) is 18.9. The number of rotatable bonds is 4. The lowest BCUT2D eigenvalue weighted by molar-refractivity contribution is -0.431. The molecule has 1 atom stereocenters. The summed E-state index contributed by atoms with van der Waals surface area (Å²) in [6.45, 7) is 3.04. The molecule has 0 spiro atoms. The number of dihydropyridines is 1. The number of carbonyl (C=O) groups is 1. The molecule has 1 aromatic rings. The SMILES string of the molecule is COC(=O)C1=C(C)NC(C)=C([N+](=O)[O-])C1c1cc([N+](=O)[O-])ccc1Cl. The van der Waals surface area contributed by atoms with Gasteiger partial charge < -0.3 is 10.1 Å². The van der Waals surface area contributed by atoms with E-state index in [-0.39, 0.29) is 33.2 Å². The Bertz CT molecular complexity index is 846. The fraction of sp³-hybridized carbons (Fsp3) is 0.267. The van der Waals surface area contributed by atoms with Crippen LogP contribution in [0.5, 0.6) is 0 Å². The van der Waals surface area contributed by atoms with Crippen LogP contribution < -0.4 is 5.32 Å². The van der Waals surface area contributed by atoms with Gasteiger partial charge in [-0.05, 0) is 25.5 Å². The monoisotopic (exact) mass is 367 g/mol. The van der Waals surface area contributed by atoms with Crippen LogP contribution in [0.1, 0.15) is 25.3 Å². The summed E-state index contributed by atoms with van der Waals surface area (Å²) in [4.78, 5) is 33.6. The molecule has 1 unspecified atom stereocenters. The molecule has 1 N–H and O–H groups in total. The number of non-ortho nitro benzene ring substituents is 1. The summed E-state index contributed by atoms with van der Waals surface area (Å²) in [5, 5.41) is 25.5. The molecule has 0 aliphatic carbocycles. The Morgan fingerprint density at radius 3 is 2.36 bits per heavy atom. The Morgan fingerprint density at radius 1 is 1.20 bits per heavy atom. The van der Waals surface area contributed by atoms with E-state index in [1.54, 1.807) is 6.92 Å². The van der Waals surface area contributed by atoms with Crippen molar-refractivity contribution >= 4 is 23.3 Å². The number of nitrogens with one attached hydrogen (secondary N) is 1. The molecule has 10 heteroatoms. The van der Waals surface area contributed by atoms with Crippen LogP contribution in [0.4, 0.5) is 5.69 Å². The molecule has 1 aromatic carbocycles. The third-order valence-electron chi connectivity index (χ3n) is 3.83. The predicted octanol–water partition coefficient (Wildman–Crippen LogP) is 2.89. The fourth-order valence-corrected chi connectivity index (χ4v) is 3.00. The van der Waals surface area contributed by atoms with Gasteiger partial charge in [-0.2, -0.15) is 0 Å². The number of nitro benzene ring substituents is 1. The molecule has 0 aromatic heterocycles. The summed E-state index contributed by atoms with van der Waals surface area (Å²) in [5.74, 6) is -1.99. The minimum absolute atomic E-state index is 0.0257. The molecule has 2 rings (SSSR count). The van der Waals surface area contributed by atoms with E-state index < -0.39 is 21.7 Å². The first-order chi connectivity index (χ1) is 11.7. The van der Waals surface area contributed by atoms with Crippen LogP contribution >= 0.6 is 11.6 Å². The van der Waals surface area contributed by atoms with Gasteiger partial charge in [0.25, 0.3) is 11.4 Å². The summed E-state index contributed by atoms with van der Waals surface area (Å²) in [5.41, 5.74) is 0.00386. The van der Waals surface area contributed by atoms with E-state index in [1.165, 1.54) is 19.1 Å². The number of nitro groups is 2. The number of hydrogen-bond donors (Lipinski definition) is 1. The predicted molar refractivity (Wildman–Crippen MR) is 88.4 cm³/mol. The number of nitrogens with zero attached hydrogens (tertiary/aromatic N) is 2. The molecule has 0 saturated heterocycles. The Kier molecular flexibility index (Phi) is 5.07. The van der Waals surface area contributed by atoms with Crippen LogP contribution in [0.25, 0.3) is 0 Å². The quantitative estimate of drug-likeness (QED) is 0.492. The van der Waals surface area contributed by atoms with E-state index in [0.717, 1.165) is 13.2 Å². The minimum atomic E-state index is -1.20. The summed E-state index contributed by atoms with van der Waals surface area (Å²) >= 11 is 6.15. The number of carbonyl (C=O) groups excluding carboxylic acids is 1. The van der Waals surface area contributed by atoms with Crippen molar-refractivity contribution in [3.63, 3.8) is 0 Å². The van der Waals surface area contributed by atoms with Crippen LogP contribution in [0.2, 0.25) is 5.02 Å². The zero-order valence-electron chi connectivity index (χ0n) is 13.5. The van der Waals surface area contributed by atoms with Gasteiger partial charge in [0.05, 0.1) is 28.2 Å². The number of ether oxygens (including phenoxy) is 1. The average molecular weight is 368 g/mol. The van der Waals surface area contributed by atoms with Crippen LogP contribution in [0.3, 0.4) is 0 Å². The van der Waals surface area contributed by atoms with E-state index in [4.69, 9.17) is 16.3 Å². The van der Waals surface area contributed by atoms with Gasteiger partial charge in [0, 0.05) is 22.9 Å². The van der Waals surface area contributed by atoms with E-state index >= 15 is 0 Å². The van der Waals surface area contributed by atoms with Crippen LogP contribution in [-0.4, -0.2) is 22.9 Å². The Morgan fingerprint density at radius 2 is 1.84 bits per heavy atom.